The van der Waals surface area contributed by atoms with E-state index in [1.54, 1.807) is 0 Å². The minimum atomic E-state index is -0.366. The molecule has 0 bridgehead atoms. The largest absolute Gasteiger partial charge is 0.345 e. The van der Waals surface area contributed by atoms with Crippen molar-refractivity contribution in [3.63, 3.8) is 0 Å². The molecule has 0 aromatic heterocycles. The summed E-state index contributed by atoms with van der Waals surface area (Å²) in [6, 6.07) is -0.366. The van der Waals surface area contributed by atoms with Gasteiger partial charge in [-0.3, -0.25) is 14.5 Å². The van der Waals surface area contributed by atoms with Crippen molar-refractivity contribution in [2.75, 3.05) is 39.8 Å². The lowest BCUT2D eigenvalue weighted by Crippen LogP contribution is -2.47. The highest BCUT2D eigenvalue weighted by molar-refractivity contribution is 5.88. The van der Waals surface area contributed by atoms with E-state index in [0.717, 1.165) is 13.1 Å². The highest BCUT2D eigenvalue weighted by Crippen LogP contribution is 2.06. The summed E-state index contributed by atoms with van der Waals surface area (Å²) in [6.07, 6.45) is 2.58. The van der Waals surface area contributed by atoms with Crippen LogP contribution in [0.2, 0.25) is 0 Å². The lowest BCUT2D eigenvalue weighted by atomic mass is 10.0. The van der Waals surface area contributed by atoms with E-state index in [1.807, 2.05) is 25.8 Å². The Morgan fingerprint density at radius 3 is 2.35 bits per heavy atom. The molecule has 1 fully saturated rings. The van der Waals surface area contributed by atoms with E-state index in [1.165, 1.54) is 32.9 Å². The molecule has 0 aliphatic carbocycles. The minimum absolute atomic E-state index is 0.0214. The first-order valence-electron chi connectivity index (χ1n) is 7.61. The Morgan fingerprint density at radius 1 is 1.25 bits per heavy atom. The normalized spacial score (nSPS) is 17.7. The summed E-state index contributed by atoms with van der Waals surface area (Å²) in [4.78, 5) is 27.9. The average Bonchev–Trinajstić information content (AvgIpc) is 2.85. The van der Waals surface area contributed by atoms with Gasteiger partial charge in [-0.2, -0.15) is 0 Å². The van der Waals surface area contributed by atoms with E-state index in [-0.39, 0.29) is 23.7 Å². The number of amides is 1. The van der Waals surface area contributed by atoms with E-state index in [9.17, 15) is 9.59 Å². The zero-order valence-corrected chi connectivity index (χ0v) is 13.3. The molecular formula is C15H29N3O2. The Hall–Kier alpha value is -0.940. The van der Waals surface area contributed by atoms with Gasteiger partial charge in [0, 0.05) is 13.1 Å². The number of ketones is 1. The predicted octanol–water partition coefficient (Wildman–Crippen LogP) is 0.744. The second-order valence-corrected chi connectivity index (χ2v) is 6.19. The number of nitrogens with one attached hydrogen (secondary N) is 1. The number of carbonyl (C=O) groups is 2. The second kappa shape index (κ2) is 8.37. The van der Waals surface area contributed by atoms with E-state index in [2.05, 4.69) is 10.2 Å². The van der Waals surface area contributed by atoms with E-state index < -0.39 is 0 Å². The number of hydrogen-bond acceptors (Lipinski definition) is 4. The van der Waals surface area contributed by atoms with E-state index in [0.29, 0.717) is 6.54 Å². The number of carbonyl (C=O) groups excluding carboxylic acids is 2. The Morgan fingerprint density at radius 2 is 1.85 bits per heavy atom. The number of rotatable bonds is 8. The number of likely N-dealkylation sites (tertiary alicyclic amines) is 1. The lowest BCUT2D eigenvalue weighted by Gasteiger charge is -2.23. The molecule has 1 unspecified atom stereocenters. The van der Waals surface area contributed by atoms with Gasteiger partial charge < -0.3 is 10.2 Å². The number of likely N-dealkylation sites (N-methyl/N-ethyl adjacent to an activating group) is 1. The van der Waals surface area contributed by atoms with Crippen LogP contribution in [0.1, 0.15) is 33.6 Å². The van der Waals surface area contributed by atoms with Gasteiger partial charge in [0.2, 0.25) is 5.91 Å². The second-order valence-electron chi connectivity index (χ2n) is 6.19. The maximum absolute atomic E-state index is 12.0. The van der Waals surface area contributed by atoms with Crippen LogP contribution in [0.25, 0.3) is 0 Å². The fraction of sp³-hybridized carbons (Fsp3) is 0.867. The standard InChI is InChI=1S/C15H29N3O2/c1-12(2)15(13(3)19)16-14(20)11-17(4)9-10-18-7-5-6-8-18/h12,15H,5-11H2,1-4H3,(H,16,20). The van der Waals surface area contributed by atoms with Gasteiger partial charge in [0.1, 0.15) is 0 Å². The van der Waals surface area contributed by atoms with Crippen LogP contribution in [0.5, 0.6) is 0 Å². The molecule has 0 spiro atoms. The summed E-state index contributed by atoms with van der Waals surface area (Å²) >= 11 is 0. The molecular weight excluding hydrogens is 254 g/mol. The van der Waals surface area contributed by atoms with E-state index in [4.69, 9.17) is 0 Å². The smallest absolute Gasteiger partial charge is 0.234 e. The number of hydrogen-bond donors (Lipinski definition) is 1. The fourth-order valence-corrected chi connectivity index (χ4v) is 2.60. The van der Waals surface area contributed by atoms with Crippen LogP contribution in [0, 0.1) is 5.92 Å². The molecule has 1 rings (SSSR count). The maximum atomic E-state index is 12.0. The first-order valence-corrected chi connectivity index (χ1v) is 7.61. The average molecular weight is 283 g/mol. The molecule has 5 heteroatoms. The van der Waals surface area contributed by atoms with Crippen LogP contribution in [-0.2, 0) is 9.59 Å². The summed E-state index contributed by atoms with van der Waals surface area (Å²) in [7, 11) is 1.95. The van der Waals surface area contributed by atoms with Gasteiger partial charge >= 0.3 is 0 Å². The van der Waals surface area contributed by atoms with Gasteiger partial charge in [0.25, 0.3) is 0 Å². The van der Waals surface area contributed by atoms with Crippen LogP contribution in [0.4, 0.5) is 0 Å². The molecule has 1 atom stereocenters. The van der Waals surface area contributed by atoms with Gasteiger partial charge in [-0.05, 0) is 45.8 Å². The monoisotopic (exact) mass is 283 g/mol. The molecule has 1 aliphatic heterocycles. The van der Waals surface area contributed by atoms with Crippen molar-refractivity contribution in [2.24, 2.45) is 5.92 Å². The molecule has 0 radical (unpaired) electrons. The minimum Gasteiger partial charge on any atom is -0.345 e. The van der Waals surface area contributed by atoms with Crippen molar-refractivity contribution in [1.29, 1.82) is 0 Å². The molecule has 1 heterocycles. The van der Waals surface area contributed by atoms with Gasteiger partial charge in [0.05, 0.1) is 12.6 Å². The summed E-state index contributed by atoms with van der Waals surface area (Å²) in [5.41, 5.74) is 0. The SMILES string of the molecule is CC(=O)C(NC(=O)CN(C)CCN1CCCC1)C(C)C. The van der Waals surface area contributed by atoms with Crippen molar-refractivity contribution < 1.29 is 9.59 Å². The molecule has 0 aromatic rings. The summed E-state index contributed by atoms with van der Waals surface area (Å²) in [5.74, 6) is 0.0854. The van der Waals surface area contributed by atoms with Crippen LogP contribution in [0.15, 0.2) is 0 Å². The fourth-order valence-electron chi connectivity index (χ4n) is 2.60. The summed E-state index contributed by atoms with van der Waals surface area (Å²) in [6.45, 7) is 10.0. The maximum Gasteiger partial charge on any atom is 0.234 e. The third kappa shape index (κ3) is 6.01. The number of Topliss-reactive ketones (excluding diaryl/α,β-unsaturated/α-hetero) is 1. The predicted molar refractivity (Wildman–Crippen MR) is 80.6 cm³/mol. The first-order chi connectivity index (χ1) is 9.40. The zero-order chi connectivity index (χ0) is 15.1. The topological polar surface area (TPSA) is 52.7 Å². The third-order valence-corrected chi connectivity index (χ3v) is 3.83. The Labute approximate surface area is 122 Å². The van der Waals surface area contributed by atoms with Crippen LogP contribution >= 0.6 is 0 Å². The van der Waals surface area contributed by atoms with E-state index >= 15 is 0 Å². The van der Waals surface area contributed by atoms with Crippen molar-refractivity contribution in [3.05, 3.63) is 0 Å². The Balaban J connectivity index is 2.27. The Bertz CT molecular complexity index is 325. The number of nitrogens with zero attached hydrogens (tertiary/aromatic N) is 2. The molecule has 116 valence electrons. The van der Waals surface area contributed by atoms with Gasteiger partial charge in [-0.1, -0.05) is 13.8 Å². The third-order valence-electron chi connectivity index (χ3n) is 3.83. The van der Waals surface area contributed by atoms with Gasteiger partial charge in [-0.15, -0.1) is 0 Å². The van der Waals surface area contributed by atoms with Crippen molar-refractivity contribution in [3.8, 4) is 0 Å². The molecule has 1 saturated heterocycles. The highest BCUT2D eigenvalue weighted by atomic mass is 16.2. The van der Waals surface area contributed by atoms with Gasteiger partial charge in [0.15, 0.2) is 5.78 Å². The molecule has 1 amide bonds. The molecule has 20 heavy (non-hydrogen) atoms. The zero-order valence-electron chi connectivity index (χ0n) is 13.3. The van der Waals surface area contributed by atoms with Crippen molar-refractivity contribution in [2.45, 2.75) is 39.7 Å². The first kappa shape index (κ1) is 17.1. The molecule has 1 N–H and O–H groups in total. The summed E-state index contributed by atoms with van der Waals surface area (Å²) < 4.78 is 0. The Kier molecular flexibility index (Phi) is 7.16. The molecule has 0 aromatic carbocycles. The van der Waals surface area contributed by atoms with Crippen molar-refractivity contribution in [1.82, 2.24) is 15.1 Å². The van der Waals surface area contributed by atoms with Crippen molar-refractivity contribution >= 4 is 11.7 Å². The molecule has 5 nitrogen and oxygen atoms in total. The van der Waals surface area contributed by atoms with Crippen LogP contribution in [-0.4, -0.2) is 67.3 Å². The lowest BCUT2D eigenvalue weighted by molar-refractivity contribution is -0.128. The molecule has 0 saturated carbocycles. The van der Waals surface area contributed by atoms with Crippen LogP contribution < -0.4 is 5.32 Å². The summed E-state index contributed by atoms with van der Waals surface area (Å²) in [5, 5.41) is 2.83. The van der Waals surface area contributed by atoms with Crippen LogP contribution in [0.3, 0.4) is 0 Å². The molecule has 1 aliphatic rings. The highest BCUT2D eigenvalue weighted by Gasteiger charge is 2.21. The quantitative estimate of drug-likeness (QED) is 0.714. The van der Waals surface area contributed by atoms with Gasteiger partial charge in [-0.25, -0.2) is 0 Å².